The standard InChI is InChI=1S/C20H13F3N4O3/c21-20(22,23)13-5-2-6-14(10-13)27-19(29)15(17(24)28)16(26-27)11-3-1-4-12(9-11)18-25-7-8-30-18/h1-10,15H,(H2,24,28). The Morgan fingerprint density at radius 1 is 1.10 bits per heavy atom. The summed E-state index contributed by atoms with van der Waals surface area (Å²) < 4.78 is 44.4. The van der Waals surface area contributed by atoms with Gasteiger partial charge in [0.2, 0.25) is 11.8 Å². The lowest BCUT2D eigenvalue weighted by molar-refractivity contribution is -0.137. The Balaban J connectivity index is 1.78. The lowest BCUT2D eigenvalue weighted by Gasteiger charge is -2.15. The third kappa shape index (κ3) is 3.43. The molecule has 10 heteroatoms. The first kappa shape index (κ1) is 19.4. The number of alkyl halides is 3. The van der Waals surface area contributed by atoms with E-state index in [1.54, 1.807) is 24.3 Å². The second-order valence-corrected chi connectivity index (χ2v) is 6.44. The van der Waals surface area contributed by atoms with Crippen molar-refractivity contribution in [1.82, 2.24) is 4.98 Å². The van der Waals surface area contributed by atoms with Crippen LogP contribution in [0.3, 0.4) is 0 Å². The predicted octanol–water partition coefficient (Wildman–Crippen LogP) is 3.21. The number of carbonyl (C=O) groups is 2. The zero-order valence-electron chi connectivity index (χ0n) is 15.1. The molecule has 1 aliphatic heterocycles. The first-order chi connectivity index (χ1) is 14.3. The average molecular weight is 414 g/mol. The minimum Gasteiger partial charge on any atom is -0.445 e. The quantitative estimate of drug-likeness (QED) is 0.663. The average Bonchev–Trinajstić information content (AvgIpc) is 3.35. The molecule has 0 spiro atoms. The Labute approximate surface area is 167 Å². The zero-order valence-corrected chi connectivity index (χ0v) is 15.1. The van der Waals surface area contributed by atoms with Gasteiger partial charge in [0, 0.05) is 5.56 Å². The molecule has 0 bridgehead atoms. The number of aromatic nitrogens is 1. The van der Waals surface area contributed by atoms with Crippen molar-refractivity contribution in [2.24, 2.45) is 16.8 Å². The van der Waals surface area contributed by atoms with Gasteiger partial charge in [0.05, 0.1) is 23.2 Å². The molecule has 1 unspecified atom stereocenters. The lowest BCUT2D eigenvalue weighted by Crippen LogP contribution is -2.37. The molecule has 0 aliphatic carbocycles. The van der Waals surface area contributed by atoms with Gasteiger partial charge in [0.15, 0.2) is 5.92 Å². The highest BCUT2D eigenvalue weighted by Gasteiger charge is 2.42. The van der Waals surface area contributed by atoms with Crippen molar-refractivity contribution in [1.29, 1.82) is 0 Å². The van der Waals surface area contributed by atoms with Crippen LogP contribution in [0.1, 0.15) is 11.1 Å². The van der Waals surface area contributed by atoms with Crippen molar-refractivity contribution in [3.63, 3.8) is 0 Å². The van der Waals surface area contributed by atoms with E-state index in [1.165, 1.54) is 18.5 Å². The van der Waals surface area contributed by atoms with Crippen LogP contribution >= 0.6 is 0 Å². The molecule has 7 nitrogen and oxygen atoms in total. The van der Waals surface area contributed by atoms with Gasteiger partial charge in [-0.15, -0.1) is 0 Å². The molecule has 2 amide bonds. The maximum Gasteiger partial charge on any atom is 0.416 e. The fourth-order valence-electron chi connectivity index (χ4n) is 3.11. The first-order valence-electron chi connectivity index (χ1n) is 8.65. The normalized spacial score (nSPS) is 16.6. The summed E-state index contributed by atoms with van der Waals surface area (Å²) in [5.74, 6) is -2.93. The second-order valence-electron chi connectivity index (χ2n) is 6.44. The van der Waals surface area contributed by atoms with E-state index < -0.39 is 29.5 Å². The highest BCUT2D eigenvalue weighted by Crippen LogP contribution is 2.34. The number of rotatable bonds is 4. The van der Waals surface area contributed by atoms with E-state index >= 15 is 0 Å². The number of primary amides is 1. The minimum absolute atomic E-state index is 0.0262. The molecule has 0 saturated heterocycles. The second kappa shape index (κ2) is 7.14. The molecule has 2 heterocycles. The van der Waals surface area contributed by atoms with Gasteiger partial charge >= 0.3 is 6.18 Å². The van der Waals surface area contributed by atoms with Gasteiger partial charge in [-0.3, -0.25) is 9.59 Å². The van der Waals surface area contributed by atoms with E-state index in [2.05, 4.69) is 10.1 Å². The molecule has 4 rings (SSSR count). The van der Waals surface area contributed by atoms with Gasteiger partial charge in [-0.1, -0.05) is 18.2 Å². The van der Waals surface area contributed by atoms with Gasteiger partial charge in [-0.25, -0.2) is 4.98 Å². The van der Waals surface area contributed by atoms with E-state index in [0.29, 0.717) is 17.0 Å². The molecule has 0 fully saturated rings. The molecule has 0 radical (unpaired) electrons. The maximum absolute atomic E-state index is 13.0. The predicted molar refractivity (Wildman–Crippen MR) is 100 cm³/mol. The lowest BCUT2D eigenvalue weighted by atomic mass is 9.95. The van der Waals surface area contributed by atoms with Gasteiger partial charge in [0.25, 0.3) is 5.91 Å². The van der Waals surface area contributed by atoms with Crippen molar-refractivity contribution in [3.05, 3.63) is 72.1 Å². The van der Waals surface area contributed by atoms with Crippen LogP contribution < -0.4 is 10.7 Å². The molecular formula is C20H13F3N4O3. The van der Waals surface area contributed by atoms with Crippen LogP contribution in [0, 0.1) is 5.92 Å². The number of nitrogens with two attached hydrogens (primary N) is 1. The van der Waals surface area contributed by atoms with Crippen molar-refractivity contribution in [3.8, 4) is 11.5 Å². The third-order valence-electron chi connectivity index (χ3n) is 4.48. The molecule has 2 aromatic carbocycles. The van der Waals surface area contributed by atoms with Gasteiger partial charge < -0.3 is 10.2 Å². The number of oxazole rings is 1. The van der Waals surface area contributed by atoms with Crippen molar-refractivity contribution in [2.45, 2.75) is 6.18 Å². The van der Waals surface area contributed by atoms with Crippen LogP contribution in [0.5, 0.6) is 0 Å². The van der Waals surface area contributed by atoms with E-state index in [9.17, 15) is 22.8 Å². The molecule has 152 valence electrons. The van der Waals surface area contributed by atoms with Crippen molar-refractivity contribution in [2.75, 3.05) is 5.01 Å². The number of hydrogen-bond acceptors (Lipinski definition) is 5. The molecule has 1 aliphatic rings. The summed E-state index contributed by atoms with van der Waals surface area (Å²) in [4.78, 5) is 28.8. The number of amides is 2. The summed E-state index contributed by atoms with van der Waals surface area (Å²) in [5.41, 5.74) is 5.31. The van der Waals surface area contributed by atoms with Gasteiger partial charge in [-0.05, 0) is 35.9 Å². The monoisotopic (exact) mass is 414 g/mol. The Bertz CT molecular complexity index is 1160. The number of hydrazone groups is 1. The highest BCUT2D eigenvalue weighted by molar-refractivity contribution is 6.31. The van der Waals surface area contributed by atoms with Crippen molar-refractivity contribution < 1.29 is 27.2 Å². The topological polar surface area (TPSA) is 102 Å². The van der Waals surface area contributed by atoms with E-state index in [4.69, 9.17) is 10.2 Å². The number of halogens is 3. The number of anilines is 1. The molecular weight excluding hydrogens is 401 g/mol. The summed E-state index contributed by atoms with van der Waals surface area (Å²) in [6.45, 7) is 0. The van der Waals surface area contributed by atoms with E-state index in [-0.39, 0.29) is 11.4 Å². The maximum atomic E-state index is 13.0. The molecule has 0 saturated carbocycles. The van der Waals surface area contributed by atoms with Crippen LogP contribution in [0.2, 0.25) is 0 Å². The van der Waals surface area contributed by atoms with Crippen LogP contribution in [-0.4, -0.2) is 22.5 Å². The molecule has 2 N–H and O–H groups in total. The summed E-state index contributed by atoms with van der Waals surface area (Å²) in [5, 5.41) is 4.90. The largest absolute Gasteiger partial charge is 0.445 e. The number of hydrogen-bond donors (Lipinski definition) is 1. The third-order valence-corrected chi connectivity index (χ3v) is 4.48. The fraction of sp³-hybridized carbons (Fsp3) is 0.100. The van der Waals surface area contributed by atoms with Crippen LogP contribution in [0.4, 0.5) is 18.9 Å². The number of carbonyl (C=O) groups excluding carboxylic acids is 2. The Morgan fingerprint density at radius 3 is 2.50 bits per heavy atom. The molecule has 30 heavy (non-hydrogen) atoms. The SMILES string of the molecule is NC(=O)C1C(=O)N(c2cccc(C(F)(F)F)c2)N=C1c1cccc(-c2ncco2)c1. The molecule has 1 aromatic heterocycles. The van der Waals surface area contributed by atoms with E-state index in [1.807, 2.05) is 0 Å². The zero-order chi connectivity index (χ0) is 21.5. The first-order valence-corrected chi connectivity index (χ1v) is 8.65. The summed E-state index contributed by atoms with van der Waals surface area (Å²) >= 11 is 0. The van der Waals surface area contributed by atoms with Crippen LogP contribution in [-0.2, 0) is 15.8 Å². The highest BCUT2D eigenvalue weighted by atomic mass is 19.4. The molecule has 1 atom stereocenters. The fourth-order valence-corrected chi connectivity index (χ4v) is 3.11. The summed E-state index contributed by atoms with van der Waals surface area (Å²) in [7, 11) is 0. The van der Waals surface area contributed by atoms with Crippen LogP contribution in [0.15, 0.2) is 70.5 Å². The Kier molecular flexibility index (Phi) is 4.61. The smallest absolute Gasteiger partial charge is 0.416 e. The van der Waals surface area contributed by atoms with Gasteiger partial charge in [0.1, 0.15) is 6.26 Å². The molecule has 3 aromatic rings. The summed E-state index contributed by atoms with van der Waals surface area (Å²) in [6, 6.07) is 10.7. The Morgan fingerprint density at radius 2 is 1.83 bits per heavy atom. The minimum atomic E-state index is -4.60. The number of benzene rings is 2. The van der Waals surface area contributed by atoms with Crippen LogP contribution in [0.25, 0.3) is 11.5 Å². The van der Waals surface area contributed by atoms with Crippen molar-refractivity contribution >= 4 is 23.2 Å². The Hall–Kier alpha value is -3.95. The number of nitrogens with zero attached hydrogens (tertiary/aromatic N) is 3. The van der Waals surface area contributed by atoms with E-state index in [0.717, 1.165) is 23.2 Å². The van der Waals surface area contributed by atoms with Gasteiger partial charge in [-0.2, -0.15) is 23.3 Å². The summed E-state index contributed by atoms with van der Waals surface area (Å²) in [6.07, 6.45) is -1.75.